The average Bonchev–Trinajstić information content (AvgIpc) is 3.62. The van der Waals surface area contributed by atoms with Gasteiger partial charge in [-0.15, -0.1) is 0 Å². The third-order valence-electron chi connectivity index (χ3n) is 7.59. The van der Waals surface area contributed by atoms with Crippen LogP contribution in [0.5, 0.6) is 0 Å². The molecule has 3 aromatic heterocycles. The normalized spacial score (nSPS) is 15.2. The summed E-state index contributed by atoms with van der Waals surface area (Å²) in [6, 6.07) is 20.8. The molecule has 1 aliphatic rings. The van der Waals surface area contributed by atoms with E-state index in [1.807, 2.05) is 42.6 Å². The van der Waals surface area contributed by atoms with Gasteiger partial charge in [0.2, 0.25) is 5.91 Å². The zero-order valence-corrected chi connectivity index (χ0v) is 22.3. The minimum Gasteiger partial charge on any atom is -0.366 e. The minimum absolute atomic E-state index is 0.128. The number of carbonyl (C=O) groups is 1. The lowest BCUT2D eigenvalue weighted by Crippen LogP contribution is -2.26. The third-order valence-corrected chi connectivity index (χ3v) is 7.59. The van der Waals surface area contributed by atoms with Gasteiger partial charge in [0.05, 0.1) is 17.3 Å². The lowest BCUT2D eigenvalue weighted by molar-refractivity contribution is -0.113. The highest BCUT2D eigenvalue weighted by Crippen LogP contribution is 2.36. The van der Waals surface area contributed by atoms with Crippen LogP contribution in [0.1, 0.15) is 17.5 Å². The van der Waals surface area contributed by atoms with Crippen molar-refractivity contribution in [1.82, 2.24) is 19.9 Å². The number of amides is 1. The number of aromatic amines is 1. The van der Waals surface area contributed by atoms with Gasteiger partial charge in [0.25, 0.3) is 0 Å². The highest BCUT2D eigenvalue weighted by atomic mass is 16.2. The van der Waals surface area contributed by atoms with E-state index in [1.165, 1.54) is 11.6 Å². The number of anilines is 2. The number of H-pyrrole nitrogens is 1. The smallest absolute Gasteiger partial charge is 0.250 e. The van der Waals surface area contributed by atoms with Gasteiger partial charge in [-0.05, 0) is 42.3 Å². The topological polar surface area (TPSA) is 101 Å². The molecule has 0 spiro atoms. The molecule has 0 aliphatic carbocycles. The number of pyridine rings is 2. The number of para-hydroxylation sites is 1. The molecule has 1 aliphatic heterocycles. The van der Waals surface area contributed by atoms with E-state index in [-0.39, 0.29) is 11.9 Å². The minimum atomic E-state index is -0.128. The molecule has 1 saturated heterocycles. The number of likely N-dealkylation sites (N-methyl/N-ethyl adjacent to an activating group) is 1. The second-order valence-electron chi connectivity index (χ2n) is 10.1. The molecule has 8 heteroatoms. The fourth-order valence-electron chi connectivity index (χ4n) is 5.48. The van der Waals surface area contributed by atoms with Gasteiger partial charge in [0.15, 0.2) is 0 Å². The number of likely N-dealkylation sites (tertiary alicyclic amines) is 1. The van der Waals surface area contributed by atoms with Crippen molar-refractivity contribution < 1.29 is 4.79 Å². The van der Waals surface area contributed by atoms with E-state index in [0.29, 0.717) is 5.56 Å². The molecule has 4 heterocycles. The van der Waals surface area contributed by atoms with E-state index in [0.717, 1.165) is 70.5 Å². The van der Waals surface area contributed by atoms with E-state index < -0.39 is 0 Å². The van der Waals surface area contributed by atoms with Crippen LogP contribution < -0.4 is 10.2 Å². The molecule has 2 aromatic carbocycles. The number of aromatic nitrogens is 3. The number of nitriles is 1. The van der Waals surface area contributed by atoms with Gasteiger partial charge >= 0.3 is 0 Å². The molecule has 1 atom stereocenters. The Bertz CT molecular complexity index is 1770. The summed E-state index contributed by atoms with van der Waals surface area (Å²) < 4.78 is 0. The monoisotopic (exact) mass is 527 g/mol. The number of hydrogen-bond donors (Lipinski definition) is 2. The SMILES string of the molecule is C=CC(=O)N(C)c1ccc(CN2CC[C@@H](Nc3cc4c(-c5c[nH]c6ccccc56)c(C#N)cnc4cn3)C2)cc1. The Labute approximate surface area is 232 Å². The van der Waals surface area contributed by atoms with Crippen molar-refractivity contribution in [3.8, 4) is 17.2 Å². The summed E-state index contributed by atoms with van der Waals surface area (Å²) in [4.78, 5) is 28.3. The Morgan fingerprint density at radius 3 is 2.83 bits per heavy atom. The molecule has 40 heavy (non-hydrogen) atoms. The maximum Gasteiger partial charge on any atom is 0.250 e. The van der Waals surface area contributed by atoms with E-state index >= 15 is 0 Å². The van der Waals surface area contributed by atoms with Gasteiger partial charge in [0.1, 0.15) is 11.9 Å². The highest BCUT2D eigenvalue weighted by Gasteiger charge is 2.23. The molecule has 1 fully saturated rings. The second kappa shape index (κ2) is 10.6. The highest BCUT2D eigenvalue weighted by molar-refractivity contribution is 6.06. The first-order valence-electron chi connectivity index (χ1n) is 13.3. The molecule has 2 N–H and O–H groups in total. The molecule has 0 radical (unpaired) electrons. The Kier molecular flexibility index (Phi) is 6.72. The standard InChI is InChI=1S/C32H29N7O/c1-3-31(40)38(2)24-10-8-21(9-11-24)19-39-13-12-23(20-39)37-30-14-26-29(18-36-30)34-16-22(15-33)32(26)27-17-35-28-7-5-4-6-25(27)28/h3-11,14,16-18,23,35H,1,12-13,19-20H2,2H3,(H,36,37)/t23-/m1/s1. The number of benzene rings is 2. The van der Waals surface area contributed by atoms with Crippen LogP contribution in [-0.2, 0) is 11.3 Å². The number of fused-ring (bicyclic) bond motifs is 2. The van der Waals surface area contributed by atoms with Crippen molar-refractivity contribution in [1.29, 1.82) is 5.26 Å². The van der Waals surface area contributed by atoms with Crippen LogP contribution in [0, 0.1) is 11.3 Å². The van der Waals surface area contributed by atoms with Crippen LogP contribution in [0.3, 0.4) is 0 Å². The van der Waals surface area contributed by atoms with Crippen LogP contribution in [0.15, 0.2) is 85.8 Å². The summed E-state index contributed by atoms with van der Waals surface area (Å²) in [5, 5.41) is 15.5. The molecule has 0 bridgehead atoms. The van der Waals surface area contributed by atoms with Crippen molar-refractivity contribution in [3.63, 3.8) is 0 Å². The molecule has 198 valence electrons. The predicted molar refractivity (Wildman–Crippen MR) is 159 cm³/mol. The maximum absolute atomic E-state index is 11.9. The van der Waals surface area contributed by atoms with Crippen LogP contribution in [0.25, 0.3) is 32.9 Å². The van der Waals surface area contributed by atoms with Crippen LogP contribution in [0.4, 0.5) is 11.5 Å². The molecule has 0 unspecified atom stereocenters. The lowest BCUT2D eigenvalue weighted by atomic mass is 9.97. The second-order valence-corrected chi connectivity index (χ2v) is 10.1. The first-order chi connectivity index (χ1) is 19.5. The summed E-state index contributed by atoms with van der Waals surface area (Å²) in [6.07, 6.45) is 7.69. The van der Waals surface area contributed by atoms with Crippen LogP contribution >= 0.6 is 0 Å². The zero-order chi connectivity index (χ0) is 27.6. The number of rotatable bonds is 7. The van der Waals surface area contributed by atoms with Gasteiger partial charge in [0, 0.05) is 78.2 Å². The summed E-state index contributed by atoms with van der Waals surface area (Å²) in [7, 11) is 1.75. The summed E-state index contributed by atoms with van der Waals surface area (Å²) in [5.74, 6) is 0.647. The predicted octanol–water partition coefficient (Wildman–Crippen LogP) is 5.48. The first kappa shape index (κ1) is 25.3. The van der Waals surface area contributed by atoms with E-state index in [4.69, 9.17) is 0 Å². The molecule has 8 nitrogen and oxygen atoms in total. The average molecular weight is 528 g/mol. The first-order valence-corrected chi connectivity index (χ1v) is 13.3. The fraction of sp³-hybridized carbons (Fsp3) is 0.188. The van der Waals surface area contributed by atoms with E-state index in [1.54, 1.807) is 24.3 Å². The fourth-order valence-corrected chi connectivity index (χ4v) is 5.48. The summed E-state index contributed by atoms with van der Waals surface area (Å²) in [5.41, 5.74) is 6.21. The van der Waals surface area contributed by atoms with Crippen molar-refractivity contribution in [2.75, 3.05) is 30.4 Å². The number of hydrogen-bond acceptors (Lipinski definition) is 6. The summed E-state index contributed by atoms with van der Waals surface area (Å²) in [6.45, 7) is 6.26. The van der Waals surface area contributed by atoms with Gasteiger partial charge in [-0.3, -0.25) is 14.7 Å². The third kappa shape index (κ3) is 4.79. The van der Waals surface area contributed by atoms with Gasteiger partial charge < -0.3 is 15.2 Å². The largest absolute Gasteiger partial charge is 0.366 e. The number of carbonyl (C=O) groups excluding carboxylic acids is 1. The summed E-state index contributed by atoms with van der Waals surface area (Å²) >= 11 is 0. The van der Waals surface area contributed by atoms with Crippen molar-refractivity contribution in [2.24, 2.45) is 0 Å². The van der Waals surface area contributed by atoms with Gasteiger partial charge in [-0.25, -0.2) is 4.98 Å². The molecular weight excluding hydrogens is 498 g/mol. The van der Waals surface area contributed by atoms with Gasteiger partial charge in [-0.2, -0.15) is 5.26 Å². The molecule has 1 amide bonds. The lowest BCUT2D eigenvalue weighted by Gasteiger charge is -2.19. The van der Waals surface area contributed by atoms with E-state index in [2.05, 4.69) is 56.0 Å². The van der Waals surface area contributed by atoms with Gasteiger partial charge in [-0.1, -0.05) is 36.9 Å². The Hall–Kier alpha value is -5.00. The van der Waals surface area contributed by atoms with Crippen LogP contribution in [0.2, 0.25) is 0 Å². The Balaban J connectivity index is 1.20. The number of nitrogens with zero attached hydrogens (tertiary/aromatic N) is 5. The molecular formula is C32H29N7O. The van der Waals surface area contributed by atoms with Crippen molar-refractivity contribution >= 4 is 39.2 Å². The quantitative estimate of drug-likeness (QED) is 0.272. The Morgan fingerprint density at radius 2 is 2.02 bits per heavy atom. The van der Waals surface area contributed by atoms with Crippen LogP contribution in [-0.4, -0.2) is 51.9 Å². The molecule has 5 aromatic rings. The number of nitrogens with one attached hydrogen (secondary N) is 2. The Morgan fingerprint density at radius 1 is 1.20 bits per heavy atom. The van der Waals surface area contributed by atoms with Crippen molar-refractivity contribution in [2.45, 2.75) is 19.0 Å². The zero-order valence-electron chi connectivity index (χ0n) is 22.3. The maximum atomic E-state index is 11.9. The van der Waals surface area contributed by atoms with E-state index in [9.17, 15) is 10.1 Å². The molecule has 0 saturated carbocycles. The molecule has 6 rings (SSSR count). The van der Waals surface area contributed by atoms with Crippen molar-refractivity contribution in [3.05, 3.63) is 97.0 Å².